The van der Waals surface area contributed by atoms with Crippen molar-refractivity contribution in [1.82, 2.24) is 5.32 Å². The second-order valence-corrected chi connectivity index (χ2v) is 6.25. The molecule has 0 bridgehead atoms. The SMILES string of the molecule is CNC(=O)N1c2ccc(C)cc2Sc2cc(C)cc(N)c21. The molecule has 4 nitrogen and oxygen atoms in total. The number of anilines is 3. The largest absolute Gasteiger partial charge is 0.397 e. The Hall–Kier alpha value is -2.14. The van der Waals surface area contributed by atoms with Crippen LogP contribution in [0.15, 0.2) is 40.1 Å². The number of nitrogens with two attached hydrogens (primary N) is 1. The Morgan fingerprint density at radius 1 is 1.14 bits per heavy atom. The number of hydrogen-bond acceptors (Lipinski definition) is 3. The maximum atomic E-state index is 12.4. The molecule has 108 valence electrons. The second-order valence-electron chi connectivity index (χ2n) is 5.16. The first-order valence-electron chi connectivity index (χ1n) is 6.71. The fraction of sp³-hybridized carbons (Fsp3) is 0.188. The number of amides is 2. The molecule has 2 amide bonds. The number of hydrogen-bond donors (Lipinski definition) is 2. The lowest BCUT2D eigenvalue weighted by atomic mass is 10.1. The van der Waals surface area contributed by atoms with Crippen LogP contribution in [-0.2, 0) is 0 Å². The number of urea groups is 1. The van der Waals surface area contributed by atoms with Crippen molar-refractivity contribution in [2.24, 2.45) is 0 Å². The summed E-state index contributed by atoms with van der Waals surface area (Å²) in [6, 6.07) is 9.85. The Morgan fingerprint density at radius 2 is 1.86 bits per heavy atom. The Bertz CT molecular complexity index is 743. The van der Waals surface area contributed by atoms with E-state index in [1.54, 1.807) is 23.7 Å². The molecule has 0 saturated heterocycles. The lowest BCUT2D eigenvalue weighted by Crippen LogP contribution is -2.36. The molecule has 1 aliphatic heterocycles. The van der Waals surface area contributed by atoms with Crippen LogP contribution in [-0.4, -0.2) is 13.1 Å². The lowest BCUT2D eigenvalue weighted by Gasteiger charge is -2.32. The number of rotatable bonds is 0. The standard InChI is InChI=1S/C16H17N3OS/c1-9-4-5-12-13(7-9)21-14-8-10(2)6-11(17)15(14)19(12)16(20)18-3/h4-8H,17H2,1-3H3,(H,18,20). The minimum absolute atomic E-state index is 0.183. The molecule has 2 aromatic rings. The van der Waals surface area contributed by atoms with Crippen LogP contribution in [0.3, 0.4) is 0 Å². The lowest BCUT2D eigenvalue weighted by molar-refractivity contribution is 0.250. The number of nitrogens with zero attached hydrogens (tertiary/aromatic N) is 1. The summed E-state index contributed by atoms with van der Waals surface area (Å²) in [6.45, 7) is 4.05. The molecule has 0 radical (unpaired) electrons. The van der Waals surface area contributed by atoms with Gasteiger partial charge in [0, 0.05) is 16.8 Å². The quantitative estimate of drug-likeness (QED) is 0.727. The summed E-state index contributed by atoms with van der Waals surface area (Å²) in [6.07, 6.45) is 0. The van der Waals surface area contributed by atoms with Crippen molar-refractivity contribution in [3.8, 4) is 0 Å². The van der Waals surface area contributed by atoms with E-state index in [0.717, 1.165) is 26.7 Å². The van der Waals surface area contributed by atoms with Gasteiger partial charge in [0.25, 0.3) is 0 Å². The normalized spacial score (nSPS) is 12.6. The molecule has 2 aromatic carbocycles. The van der Waals surface area contributed by atoms with Gasteiger partial charge in [-0.15, -0.1) is 0 Å². The first-order valence-corrected chi connectivity index (χ1v) is 7.53. The summed E-state index contributed by atoms with van der Waals surface area (Å²) in [5.74, 6) is 0. The van der Waals surface area contributed by atoms with Gasteiger partial charge in [-0.25, -0.2) is 4.79 Å². The minimum atomic E-state index is -0.183. The van der Waals surface area contributed by atoms with Crippen LogP contribution in [0, 0.1) is 13.8 Å². The summed E-state index contributed by atoms with van der Waals surface area (Å²) in [4.78, 5) is 16.1. The molecule has 0 aliphatic carbocycles. The van der Waals surface area contributed by atoms with Crippen molar-refractivity contribution in [2.75, 3.05) is 17.7 Å². The second kappa shape index (κ2) is 5.00. The van der Waals surface area contributed by atoms with Crippen LogP contribution in [0.25, 0.3) is 0 Å². The first kappa shape index (κ1) is 13.8. The van der Waals surface area contributed by atoms with Gasteiger partial charge in [-0.2, -0.15) is 0 Å². The highest BCUT2D eigenvalue weighted by molar-refractivity contribution is 7.99. The van der Waals surface area contributed by atoms with Crippen molar-refractivity contribution in [1.29, 1.82) is 0 Å². The number of aryl methyl sites for hydroxylation is 2. The number of nitrogen functional groups attached to an aromatic ring is 1. The van der Waals surface area contributed by atoms with E-state index in [9.17, 15) is 4.79 Å². The third kappa shape index (κ3) is 2.23. The summed E-state index contributed by atoms with van der Waals surface area (Å²) in [7, 11) is 1.63. The molecule has 0 atom stereocenters. The smallest absolute Gasteiger partial charge is 0.326 e. The molecule has 1 aliphatic rings. The number of carbonyl (C=O) groups excluding carboxylic acids is 1. The number of carbonyl (C=O) groups is 1. The van der Waals surface area contributed by atoms with Crippen LogP contribution in [0.5, 0.6) is 0 Å². The highest BCUT2D eigenvalue weighted by Crippen LogP contribution is 2.51. The minimum Gasteiger partial charge on any atom is -0.397 e. The van der Waals surface area contributed by atoms with Crippen molar-refractivity contribution >= 4 is 34.9 Å². The van der Waals surface area contributed by atoms with Gasteiger partial charge in [0.1, 0.15) is 0 Å². The van der Waals surface area contributed by atoms with Crippen LogP contribution < -0.4 is 16.0 Å². The maximum absolute atomic E-state index is 12.4. The zero-order chi connectivity index (χ0) is 15.1. The molecule has 21 heavy (non-hydrogen) atoms. The summed E-state index contributed by atoms with van der Waals surface area (Å²) in [5, 5.41) is 2.70. The summed E-state index contributed by atoms with van der Waals surface area (Å²) < 4.78 is 0. The van der Waals surface area contributed by atoms with Crippen LogP contribution in [0.2, 0.25) is 0 Å². The van der Waals surface area contributed by atoms with E-state index in [2.05, 4.69) is 17.4 Å². The Balaban J connectivity index is 2.27. The molecule has 0 aromatic heterocycles. The van der Waals surface area contributed by atoms with Gasteiger partial charge in [-0.1, -0.05) is 17.8 Å². The molecular weight excluding hydrogens is 282 g/mol. The zero-order valence-electron chi connectivity index (χ0n) is 12.2. The zero-order valence-corrected chi connectivity index (χ0v) is 13.0. The van der Waals surface area contributed by atoms with Gasteiger partial charge in [0.2, 0.25) is 0 Å². The summed E-state index contributed by atoms with van der Waals surface area (Å²) >= 11 is 1.65. The molecule has 5 heteroatoms. The number of nitrogens with one attached hydrogen (secondary N) is 1. The van der Waals surface area contributed by atoms with Crippen molar-refractivity contribution in [3.63, 3.8) is 0 Å². The van der Waals surface area contributed by atoms with Crippen LogP contribution >= 0.6 is 11.8 Å². The maximum Gasteiger partial charge on any atom is 0.326 e. The molecule has 1 heterocycles. The van der Waals surface area contributed by atoms with Crippen LogP contribution in [0.4, 0.5) is 21.9 Å². The molecule has 3 rings (SSSR count). The third-order valence-corrected chi connectivity index (χ3v) is 4.54. The molecule has 0 unspecified atom stereocenters. The Labute approximate surface area is 128 Å². The number of fused-ring (bicyclic) bond motifs is 2. The van der Waals surface area contributed by atoms with Gasteiger partial charge in [0.15, 0.2) is 0 Å². The molecule has 0 fully saturated rings. The van der Waals surface area contributed by atoms with E-state index in [1.165, 1.54) is 5.56 Å². The van der Waals surface area contributed by atoms with Crippen molar-refractivity contribution in [2.45, 2.75) is 23.6 Å². The fourth-order valence-electron chi connectivity index (χ4n) is 2.54. The van der Waals surface area contributed by atoms with E-state index in [1.807, 2.05) is 32.0 Å². The topological polar surface area (TPSA) is 58.4 Å². The molecule has 0 saturated carbocycles. The highest BCUT2D eigenvalue weighted by Gasteiger charge is 2.29. The van der Waals surface area contributed by atoms with E-state index in [-0.39, 0.29) is 6.03 Å². The van der Waals surface area contributed by atoms with Crippen molar-refractivity contribution in [3.05, 3.63) is 41.5 Å². The van der Waals surface area contributed by atoms with Crippen LogP contribution in [0.1, 0.15) is 11.1 Å². The Morgan fingerprint density at radius 3 is 2.57 bits per heavy atom. The monoisotopic (exact) mass is 299 g/mol. The average molecular weight is 299 g/mol. The summed E-state index contributed by atoms with van der Waals surface area (Å²) in [5.41, 5.74) is 10.7. The third-order valence-electron chi connectivity index (χ3n) is 3.47. The van der Waals surface area contributed by atoms with E-state index < -0.39 is 0 Å². The van der Waals surface area contributed by atoms with Gasteiger partial charge < -0.3 is 11.1 Å². The van der Waals surface area contributed by atoms with Gasteiger partial charge in [-0.3, -0.25) is 4.90 Å². The first-order chi connectivity index (χ1) is 10.0. The molecule has 0 spiro atoms. The fourth-order valence-corrected chi connectivity index (χ4v) is 3.84. The Kier molecular flexibility index (Phi) is 3.29. The predicted molar refractivity (Wildman–Crippen MR) is 87.5 cm³/mol. The van der Waals surface area contributed by atoms with Crippen molar-refractivity contribution < 1.29 is 4.79 Å². The van der Waals surface area contributed by atoms with Gasteiger partial charge in [-0.05, 0) is 49.2 Å². The predicted octanol–water partition coefficient (Wildman–Crippen LogP) is 3.83. The van der Waals surface area contributed by atoms with Gasteiger partial charge >= 0.3 is 6.03 Å². The number of benzene rings is 2. The van der Waals surface area contributed by atoms with E-state index >= 15 is 0 Å². The highest BCUT2D eigenvalue weighted by atomic mass is 32.2. The average Bonchev–Trinajstić information content (AvgIpc) is 2.43. The van der Waals surface area contributed by atoms with Gasteiger partial charge in [0.05, 0.1) is 17.1 Å². The molecule has 3 N–H and O–H groups in total. The van der Waals surface area contributed by atoms with E-state index in [0.29, 0.717) is 5.69 Å². The molecular formula is C16H17N3OS. The van der Waals surface area contributed by atoms with E-state index in [4.69, 9.17) is 5.73 Å².